The summed E-state index contributed by atoms with van der Waals surface area (Å²) in [5.41, 5.74) is -0.256. The van der Waals surface area contributed by atoms with Crippen LogP contribution in [0.25, 0.3) is 0 Å². The van der Waals surface area contributed by atoms with Crippen molar-refractivity contribution in [2.45, 2.75) is 25.7 Å². The van der Waals surface area contributed by atoms with Gasteiger partial charge >= 0.3 is 5.88 Å². The lowest BCUT2D eigenvalue weighted by Crippen LogP contribution is -2.38. The lowest BCUT2D eigenvalue weighted by molar-refractivity contribution is -0.402. The molecule has 1 aromatic heterocycles. The highest BCUT2D eigenvalue weighted by Crippen LogP contribution is 2.36. The standard InChI is InChI=1S/C12H16N2O5/c15-8-12(5-1-2-6-12)7-13-11(16)9-3-4-10(19-9)14(17)18/h3-4,15H,1-2,5-8H2,(H,13,16). The van der Waals surface area contributed by atoms with E-state index in [1.54, 1.807) is 0 Å². The molecule has 1 fully saturated rings. The van der Waals surface area contributed by atoms with Crippen LogP contribution in [0.1, 0.15) is 36.2 Å². The number of aliphatic hydroxyl groups is 1. The minimum Gasteiger partial charge on any atom is -0.396 e. The summed E-state index contributed by atoms with van der Waals surface area (Å²) < 4.78 is 4.82. The molecule has 1 aliphatic rings. The molecule has 0 saturated heterocycles. The maximum absolute atomic E-state index is 11.8. The van der Waals surface area contributed by atoms with Crippen LogP contribution in [0.3, 0.4) is 0 Å². The fraction of sp³-hybridized carbons (Fsp3) is 0.583. The molecule has 7 heteroatoms. The Kier molecular flexibility index (Phi) is 3.84. The van der Waals surface area contributed by atoms with Crippen LogP contribution in [0.2, 0.25) is 0 Å². The summed E-state index contributed by atoms with van der Waals surface area (Å²) in [6, 6.07) is 2.42. The zero-order chi connectivity index (χ0) is 13.9. The number of aliphatic hydroxyl groups excluding tert-OH is 1. The Hall–Kier alpha value is -1.89. The van der Waals surface area contributed by atoms with E-state index in [0.717, 1.165) is 31.7 Å². The zero-order valence-corrected chi connectivity index (χ0v) is 10.4. The number of amides is 1. The Morgan fingerprint density at radius 3 is 2.68 bits per heavy atom. The largest absolute Gasteiger partial charge is 0.433 e. The molecule has 104 valence electrons. The predicted octanol–water partition coefficient (Wildman–Crippen LogP) is 1.47. The summed E-state index contributed by atoms with van der Waals surface area (Å²) >= 11 is 0. The second-order valence-corrected chi connectivity index (χ2v) is 4.94. The van der Waals surface area contributed by atoms with Gasteiger partial charge in [0.25, 0.3) is 5.91 Å². The summed E-state index contributed by atoms with van der Waals surface area (Å²) in [4.78, 5) is 21.5. The second kappa shape index (κ2) is 5.40. The Balaban J connectivity index is 1.95. The first-order valence-corrected chi connectivity index (χ1v) is 6.20. The number of carbonyl (C=O) groups excluding carboxylic acids is 1. The van der Waals surface area contributed by atoms with Crippen LogP contribution in [0.5, 0.6) is 0 Å². The smallest absolute Gasteiger partial charge is 0.396 e. The fourth-order valence-electron chi connectivity index (χ4n) is 2.42. The first-order chi connectivity index (χ1) is 9.06. The molecule has 1 aromatic rings. The number of carbonyl (C=O) groups is 1. The molecule has 2 N–H and O–H groups in total. The number of furan rings is 1. The van der Waals surface area contributed by atoms with Crippen LogP contribution in [0.4, 0.5) is 5.88 Å². The van der Waals surface area contributed by atoms with E-state index < -0.39 is 16.7 Å². The number of rotatable bonds is 5. The number of nitrogens with one attached hydrogen (secondary N) is 1. The Morgan fingerprint density at radius 1 is 1.47 bits per heavy atom. The molecule has 1 amide bonds. The molecule has 0 aliphatic heterocycles. The van der Waals surface area contributed by atoms with E-state index >= 15 is 0 Å². The molecule has 1 heterocycles. The lowest BCUT2D eigenvalue weighted by atomic mass is 9.87. The van der Waals surface area contributed by atoms with Gasteiger partial charge in [0.05, 0.1) is 12.7 Å². The van der Waals surface area contributed by atoms with Crippen molar-refractivity contribution in [1.82, 2.24) is 5.32 Å². The van der Waals surface area contributed by atoms with E-state index in [0.29, 0.717) is 6.54 Å². The van der Waals surface area contributed by atoms with Crippen molar-refractivity contribution in [3.8, 4) is 0 Å². The van der Waals surface area contributed by atoms with E-state index in [1.165, 1.54) is 6.07 Å². The van der Waals surface area contributed by atoms with E-state index in [9.17, 15) is 20.0 Å². The van der Waals surface area contributed by atoms with Crippen molar-refractivity contribution >= 4 is 11.8 Å². The number of nitro groups is 1. The number of hydrogen-bond acceptors (Lipinski definition) is 5. The van der Waals surface area contributed by atoms with E-state index in [-0.39, 0.29) is 17.8 Å². The van der Waals surface area contributed by atoms with Crippen LogP contribution >= 0.6 is 0 Å². The highest BCUT2D eigenvalue weighted by atomic mass is 16.6. The van der Waals surface area contributed by atoms with Crippen LogP contribution in [0, 0.1) is 15.5 Å². The predicted molar refractivity (Wildman–Crippen MR) is 65.7 cm³/mol. The number of nitrogens with zero attached hydrogens (tertiary/aromatic N) is 1. The van der Waals surface area contributed by atoms with Crippen molar-refractivity contribution in [3.63, 3.8) is 0 Å². The highest BCUT2D eigenvalue weighted by Gasteiger charge is 2.33. The molecular formula is C12H16N2O5. The van der Waals surface area contributed by atoms with Gasteiger partial charge in [-0.2, -0.15) is 0 Å². The van der Waals surface area contributed by atoms with Gasteiger partial charge in [0, 0.05) is 12.0 Å². The molecule has 0 spiro atoms. The van der Waals surface area contributed by atoms with Gasteiger partial charge in [0.1, 0.15) is 4.92 Å². The minimum absolute atomic E-state index is 0.0333. The van der Waals surface area contributed by atoms with Crippen LogP contribution < -0.4 is 5.32 Å². The van der Waals surface area contributed by atoms with Gasteiger partial charge in [0.15, 0.2) is 5.76 Å². The molecule has 0 unspecified atom stereocenters. The van der Waals surface area contributed by atoms with Gasteiger partial charge in [-0.1, -0.05) is 12.8 Å². The van der Waals surface area contributed by atoms with Crippen molar-refractivity contribution in [2.75, 3.05) is 13.2 Å². The molecule has 2 rings (SSSR count). The highest BCUT2D eigenvalue weighted by molar-refractivity contribution is 5.91. The van der Waals surface area contributed by atoms with Crippen molar-refractivity contribution in [1.29, 1.82) is 0 Å². The fourth-order valence-corrected chi connectivity index (χ4v) is 2.42. The maximum Gasteiger partial charge on any atom is 0.433 e. The molecular weight excluding hydrogens is 252 g/mol. The zero-order valence-electron chi connectivity index (χ0n) is 10.4. The summed E-state index contributed by atoms with van der Waals surface area (Å²) in [6.45, 7) is 0.391. The third-order valence-electron chi connectivity index (χ3n) is 3.62. The molecule has 19 heavy (non-hydrogen) atoms. The molecule has 1 saturated carbocycles. The third-order valence-corrected chi connectivity index (χ3v) is 3.62. The monoisotopic (exact) mass is 268 g/mol. The van der Waals surface area contributed by atoms with Crippen LogP contribution in [0.15, 0.2) is 16.5 Å². The maximum atomic E-state index is 11.8. The van der Waals surface area contributed by atoms with Crippen molar-refractivity contribution in [2.24, 2.45) is 5.41 Å². The van der Waals surface area contributed by atoms with E-state index in [1.807, 2.05) is 0 Å². The summed E-state index contributed by atoms with van der Waals surface area (Å²) in [7, 11) is 0. The van der Waals surface area contributed by atoms with Gasteiger partial charge in [0.2, 0.25) is 0 Å². The van der Waals surface area contributed by atoms with Crippen LogP contribution in [-0.4, -0.2) is 29.1 Å². The first-order valence-electron chi connectivity index (χ1n) is 6.20. The third kappa shape index (κ3) is 2.93. The molecule has 7 nitrogen and oxygen atoms in total. The van der Waals surface area contributed by atoms with Gasteiger partial charge in [-0.25, -0.2) is 0 Å². The minimum atomic E-state index is -0.692. The van der Waals surface area contributed by atoms with Gasteiger partial charge in [-0.3, -0.25) is 14.9 Å². The average molecular weight is 268 g/mol. The number of hydrogen-bond donors (Lipinski definition) is 2. The van der Waals surface area contributed by atoms with Gasteiger partial charge in [-0.05, 0) is 18.9 Å². The molecule has 1 aliphatic carbocycles. The van der Waals surface area contributed by atoms with E-state index in [2.05, 4.69) is 5.32 Å². The van der Waals surface area contributed by atoms with Crippen molar-refractivity contribution in [3.05, 3.63) is 28.0 Å². The summed E-state index contributed by atoms with van der Waals surface area (Å²) in [6.07, 6.45) is 3.84. The topological polar surface area (TPSA) is 106 Å². The van der Waals surface area contributed by atoms with Gasteiger partial charge < -0.3 is 14.8 Å². The summed E-state index contributed by atoms with van der Waals surface area (Å²) in [5.74, 6) is -1.03. The second-order valence-electron chi connectivity index (χ2n) is 4.94. The molecule has 0 radical (unpaired) electrons. The normalized spacial score (nSPS) is 17.3. The first kappa shape index (κ1) is 13.5. The Bertz CT molecular complexity index is 476. The molecule has 0 bridgehead atoms. The van der Waals surface area contributed by atoms with Crippen LogP contribution in [-0.2, 0) is 0 Å². The Morgan fingerprint density at radius 2 is 2.16 bits per heavy atom. The lowest BCUT2D eigenvalue weighted by Gasteiger charge is -2.26. The van der Waals surface area contributed by atoms with Gasteiger partial charge in [-0.15, -0.1) is 0 Å². The summed E-state index contributed by atoms with van der Waals surface area (Å²) in [5, 5.41) is 22.5. The SMILES string of the molecule is O=C(NCC1(CO)CCCC1)c1ccc([N+](=O)[O-])o1. The van der Waals surface area contributed by atoms with Crippen molar-refractivity contribution < 1.29 is 19.2 Å². The van der Waals surface area contributed by atoms with E-state index in [4.69, 9.17) is 4.42 Å². The molecule has 0 atom stereocenters. The quantitative estimate of drug-likeness (QED) is 0.621. The Labute approximate surface area is 109 Å². The molecule has 0 aromatic carbocycles. The average Bonchev–Trinajstić information content (AvgIpc) is 3.06.